The number of hydrogen-bond acceptors (Lipinski definition) is 3. The Bertz CT molecular complexity index is 170. The van der Waals surface area contributed by atoms with E-state index in [1.165, 1.54) is 0 Å². The van der Waals surface area contributed by atoms with Crippen LogP contribution in [0.5, 0.6) is 0 Å². The standard InChI is InChI=1S/C10H20N2O2/c1-3-4-5-6-10(13)12-7-8-14-9-11-2/h3-4,11H,5-9H2,1-2H3,(H,12,13). The van der Waals surface area contributed by atoms with Gasteiger partial charge >= 0.3 is 0 Å². The summed E-state index contributed by atoms with van der Waals surface area (Å²) in [6.07, 6.45) is 5.29. The summed E-state index contributed by atoms with van der Waals surface area (Å²) in [5, 5.41) is 5.63. The van der Waals surface area contributed by atoms with E-state index in [-0.39, 0.29) is 5.91 Å². The zero-order valence-electron chi connectivity index (χ0n) is 9.01. The Morgan fingerprint density at radius 1 is 1.50 bits per heavy atom. The van der Waals surface area contributed by atoms with Crippen LogP contribution in [-0.4, -0.2) is 32.8 Å². The minimum atomic E-state index is 0.0798. The van der Waals surface area contributed by atoms with Gasteiger partial charge in [-0.2, -0.15) is 0 Å². The van der Waals surface area contributed by atoms with Crippen LogP contribution in [0.3, 0.4) is 0 Å². The summed E-state index contributed by atoms with van der Waals surface area (Å²) >= 11 is 0. The summed E-state index contributed by atoms with van der Waals surface area (Å²) in [4.78, 5) is 11.1. The van der Waals surface area contributed by atoms with E-state index in [4.69, 9.17) is 4.74 Å². The molecule has 0 unspecified atom stereocenters. The number of nitrogens with one attached hydrogen (secondary N) is 2. The van der Waals surface area contributed by atoms with Gasteiger partial charge in [-0.15, -0.1) is 0 Å². The van der Waals surface area contributed by atoms with Crippen molar-refractivity contribution in [3.63, 3.8) is 0 Å². The molecule has 0 atom stereocenters. The van der Waals surface area contributed by atoms with Crippen LogP contribution in [-0.2, 0) is 9.53 Å². The van der Waals surface area contributed by atoms with Crippen molar-refractivity contribution >= 4 is 5.91 Å². The Morgan fingerprint density at radius 3 is 2.93 bits per heavy atom. The van der Waals surface area contributed by atoms with Crippen molar-refractivity contribution in [3.05, 3.63) is 12.2 Å². The smallest absolute Gasteiger partial charge is 0.220 e. The molecule has 0 aliphatic heterocycles. The summed E-state index contributed by atoms with van der Waals surface area (Å²) in [6, 6.07) is 0. The Balaban J connectivity index is 3.18. The molecule has 0 rings (SSSR count). The molecule has 0 saturated carbocycles. The molecule has 4 heteroatoms. The molecule has 2 N–H and O–H groups in total. The van der Waals surface area contributed by atoms with Gasteiger partial charge in [-0.05, 0) is 20.4 Å². The quantitative estimate of drug-likeness (QED) is 0.344. The Labute approximate surface area is 85.7 Å². The van der Waals surface area contributed by atoms with Crippen LogP contribution in [0.25, 0.3) is 0 Å². The molecule has 0 saturated heterocycles. The highest BCUT2D eigenvalue weighted by molar-refractivity contribution is 5.75. The van der Waals surface area contributed by atoms with E-state index in [0.717, 1.165) is 6.42 Å². The third-order valence-corrected chi connectivity index (χ3v) is 1.59. The molecule has 0 spiro atoms. The molecule has 0 radical (unpaired) electrons. The normalized spacial score (nSPS) is 10.7. The Hall–Kier alpha value is -0.870. The minimum absolute atomic E-state index is 0.0798. The van der Waals surface area contributed by atoms with E-state index in [2.05, 4.69) is 10.6 Å². The van der Waals surface area contributed by atoms with Crippen molar-refractivity contribution < 1.29 is 9.53 Å². The van der Waals surface area contributed by atoms with Gasteiger partial charge in [-0.25, -0.2) is 0 Å². The highest BCUT2D eigenvalue weighted by Crippen LogP contribution is 1.89. The number of allylic oxidation sites excluding steroid dienone is 2. The lowest BCUT2D eigenvalue weighted by molar-refractivity contribution is -0.121. The number of amides is 1. The molecule has 0 aliphatic carbocycles. The first-order chi connectivity index (χ1) is 6.81. The predicted molar refractivity (Wildman–Crippen MR) is 56.9 cm³/mol. The molecule has 0 heterocycles. The highest BCUT2D eigenvalue weighted by Gasteiger charge is 1.97. The molecular weight excluding hydrogens is 180 g/mol. The second-order valence-corrected chi connectivity index (χ2v) is 2.86. The third-order valence-electron chi connectivity index (χ3n) is 1.59. The maximum Gasteiger partial charge on any atom is 0.220 e. The molecule has 82 valence electrons. The van der Waals surface area contributed by atoms with Crippen molar-refractivity contribution in [2.75, 3.05) is 26.9 Å². The van der Waals surface area contributed by atoms with Crippen LogP contribution < -0.4 is 10.6 Å². The SMILES string of the molecule is CC=CCCC(=O)NCCOCNC. The van der Waals surface area contributed by atoms with Crippen LogP contribution in [0.2, 0.25) is 0 Å². The zero-order chi connectivity index (χ0) is 10.6. The van der Waals surface area contributed by atoms with Crippen LogP contribution in [0.1, 0.15) is 19.8 Å². The summed E-state index contributed by atoms with van der Waals surface area (Å²) < 4.78 is 5.12. The fraction of sp³-hybridized carbons (Fsp3) is 0.700. The summed E-state index contributed by atoms with van der Waals surface area (Å²) in [6.45, 7) is 3.60. The van der Waals surface area contributed by atoms with Crippen LogP contribution in [0.4, 0.5) is 0 Å². The van der Waals surface area contributed by atoms with E-state index in [1.807, 2.05) is 26.1 Å². The van der Waals surface area contributed by atoms with Crippen LogP contribution >= 0.6 is 0 Å². The van der Waals surface area contributed by atoms with Gasteiger partial charge in [0.25, 0.3) is 0 Å². The first-order valence-corrected chi connectivity index (χ1v) is 4.91. The molecule has 0 fully saturated rings. The van der Waals surface area contributed by atoms with Crippen molar-refractivity contribution in [1.82, 2.24) is 10.6 Å². The Morgan fingerprint density at radius 2 is 2.29 bits per heavy atom. The van der Waals surface area contributed by atoms with Crippen molar-refractivity contribution in [1.29, 1.82) is 0 Å². The average molecular weight is 200 g/mol. The molecule has 0 bridgehead atoms. The van der Waals surface area contributed by atoms with E-state index in [0.29, 0.717) is 26.3 Å². The number of carbonyl (C=O) groups is 1. The minimum Gasteiger partial charge on any atom is -0.364 e. The maximum atomic E-state index is 11.1. The van der Waals surface area contributed by atoms with Gasteiger partial charge < -0.3 is 10.1 Å². The van der Waals surface area contributed by atoms with Gasteiger partial charge in [-0.1, -0.05) is 12.2 Å². The van der Waals surface area contributed by atoms with E-state index in [9.17, 15) is 4.79 Å². The molecule has 0 aromatic heterocycles. The van der Waals surface area contributed by atoms with E-state index >= 15 is 0 Å². The molecule has 14 heavy (non-hydrogen) atoms. The maximum absolute atomic E-state index is 11.1. The van der Waals surface area contributed by atoms with Gasteiger partial charge in [0.05, 0.1) is 13.3 Å². The predicted octanol–water partition coefficient (Wildman–Crippen LogP) is 0.652. The first-order valence-electron chi connectivity index (χ1n) is 4.91. The average Bonchev–Trinajstić information content (AvgIpc) is 2.18. The fourth-order valence-electron chi connectivity index (χ4n) is 0.906. The first kappa shape index (κ1) is 13.1. The van der Waals surface area contributed by atoms with E-state index in [1.54, 1.807) is 0 Å². The molecule has 0 aliphatic rings. The zero-order valence-corrected chi connectivity index (χ0v) is 9.01. The van der Waals surface area contributed by atoms with Crippen LogP contribution in [0.15, 0.2) is 12.2 Å². The Kier molecular flexibility index (Phi) is 9.58. The van der Waals surface area contributed by atoms with Gasteiger partial charge in [0.15, 0.2) is 0 Å². The second-order valence-electron chi connectivity index (χ2n) is 2.86. The second kappa shape index (κ2) is 10.2. The topological polar surface area (TPSA) is 50.4 Å². The molecular formula is C10H20N2O2. The van der Waals surface area contributed by atoms with Gasteiger partial charge in [0.2, 0.25) is 5.91 Å². The lowest BCUT2D eigenvalue weighted by atomic mass is 10.3. The molecule has 4 nitrogen and oxygen atoms in total. The van der Waals surface area contributed by atoms with E-state index < -0.39 is 0 Å². The molecule has 0 aromatic rings. The monoisotopic (exact) mass is 200 g/mol. The molecule has 1 amide bonds. The van der Waals surface area contributed by atoms with Crippen molar-refractivity contribution in [2.45, 2.75) is 19.8 Å². The summed E-state index contributed by atoms with van der Waals surface area (Å²) in [5.41, 5.74) is 0. The third kappa shape index (κ3) is 9.22. The largest absolute Gasteiger partial charge is 0.364 e. The van der Waals surface area contributed by atoms with Gasteiger partial charge in [0, 0.05) is 13.0 Å². The molecule has 0 aromatic carbocycles. The summed E-state index contributed by atoms with van der Waals surface area (Å²) in [5.74, 6) is 0.0798. The van der Waals surface area contributed by atoms with Crippen molar-refractivity contribution in [3.8, 4) is 0 Å². The van der Waals surface area contributed by atoms with Gasteiger partial charge in [-0.3, -0.25) is 10.1 Å². The van der Waals surface area contributed by atoms with Gasteiger partial charge in [0.1, 0.15) is 0 Å². The fourth-order valence-corrected chi connectivity index (χ4v) is 0.906. The number of hydrogen-bond donors (Lipinski definition) is 2. The number of carbonyl (C=O) groups excluding carboxylic acids is 1. The van der Waals surface area contributed by atoms with Crippen molar-refractivity contribution in [2.24, 2.45) is 0 Å². The highest BCUT2D eigenvalue weighted by atomic mass is 16.5. The van der Waals surface area contributed by atoms with Crippen LogP contribution in [0, 0.1) is 0 Å². The lowest BCUT2D eigenvalue weighted by Gasteiger charge is -2.04. The number of ether oxygens (including phenoxy) is 1. The number of rotatable bonds is 8. The lowest BCUT2D eigenvalue weighted by Crippen LogP contribution is -2.27. The summed E-state index contributed by atoms with van der Waals surface area (Å²) in [7, 11) is 1.82.